The lowest BCUT2D eigenvalue weighted by Crippen LogP contribution is -2.08. The highest BCUT2D eigenvalue weighted by atomic mass is 32.1. The molecule has 2 aromatic rings. The summed E-state index contributed by atoms with van der Waals surface area (Å²) in [6.45, 7) is 4.48. The molecule has 2 rings (SSSR count). The van der Waals surface area contributed by atoms with Crippen molar-refractivity contribution in [3.05, 3.63) is 40.6 Å². The van der Waals surface area contributed by atoms with Crippen LogP contribution in [-0.4, -0.2) is 6.10 Å². The van der Waals surface area contributed by atoms with Gasteiger partial charge in [-0.1, -0.05) is 12.1 Å². The number of benzene rings is 1. The molecule has 0 aliphatic rings. The molecule has 3 nitrogen and oxygen atoms in total. The van der Waals surface area contributed by atoms with Crippen LogP contribution in [0.25, 0.3) is 0 Å². The Hall–Kier alpha value is -1.68. The molecule has 0 atom stereocenters. The normalized spacial score (nSPS) is 10.6. The quantitative estimate of drug-likeness (QED) is 0.837. The Labute approximate surface area is 111 Å². The highest BCUT2D eigenvalue weighted by Gasteiger charge is 2.08. The topological polar surface area (TPSA) is 44.5 Å². The van der Waals surface area contributed by atoms with E-state index >= 15 is 0 Å². The number of hydrogen-bond acceptors (Lipinski definition) is 4. The Morgan fingerprint density at radius 3 is 2.61 bits per heavy atom. The molecule has 0 radical (unpaired) electrons. The highest BCUT2D eigenvalue weighted by molar-refractivity contribution is 7.09. The molecule has 0 aliphatic heterocycles. The molecule has 96 valence electrons. The molecule has 0 bridgehead atoms. The summed E-state index contributed by atoms with van der Waals surface area (Å²) < 4.78 is 11.3. The van der Waals surface area contributed by atoms with Crippen molar-refractivity contribution in [2.75, 3.05) is 5.73 Å². The van der Waals surface area contributed by atoms with Gasteiger partial charge in [0.25, 0.3) is 0 Å². The van der Waals surface area contributed by atoms with Crippen molar-refractivity contribution in [1.29, 1.82) is 0 Å². The zero-order chi connectivity index (χ0) is 13.0. The monoisotopic (exact) mass is 263 g/mol. The van der Waals surface area contributed by atoms with Crippen molar-refractivity contribution < 1.29 is 9.47 Å². The summed E-state index contributed by atoms with van der Waals surface area (Å²) >= 11 is 1.67. The lowest BCUT2D eigenvalue weighted by Gasteiger charge is -2.14. The first kappa shape index (κ1) is 12.8. The van der Waals surface area contributed by atoms with Gasteiger partial charge in [-0.05, 0) is 37.4 Å². The smallest absolute Gasteiger partial charge is 0.146 e. The minimum atomic E-state index is 0.0971. The van der Waals surface area contributed by atoms with Crippen LogP contribution in [-0.2, 0) is 6.61 Å². The Bertz CT molecular complexity index is 495. The van der Waals surface area contributed by atoms with Gasteiger partial charge in [0.15, 0.2) is 0 Å². The molecule has 0 unspecified atom stereocenters. The van der Waals surface area contributed by atoms with Crippen LogP contribution < -0.4 is 15.2 Å². The number of nitrogen functional groups attached to an aromatic ring is 1. The predicted octanol–water partition coefficient (Wildman–Crippen LogP) is 3.70. The van der Waals surface area contributed by atoms with Gasteiger partial charge in [-0.25, -0.2) is 0 Å². The maximum atomic E-state index is 6.02. The second-order valence-corrected chi connectivity index (χ2v) is 5.23. The third-order valence-corrected chi connectivity index (χ3v) is 3.19. The highest BCUT2D eigenvalue weighted by Crippen LogP contribution is 2.32. The first-order valence-electron chi connectivity index (χ1n) is 5.87. The molecule has 1 heterocycles. The number of ether oxygens (including phenoxy) is 2. The van der Waals surface area contributed by atoms with Crippen molar-refractivity contribution in [1.82, 2.24) is 0 Å². The molecule has 0 amide bonds. The largest absolute Gasteiger partial charge is 0.489 e. The Balaban J connectivity index is 2.08. The summed E-state index contributed by atoms with van der Waals surface area (Å²) in [6.07, 6.45) is 0.0971. The Kier molecular flexibility index (Phi) is 4.10. The van der Waals surface area contributed by atoms with Gasteiger partial charge in [0.1, 0.15) is 23.8 Å². The van der Waals surface area contributed by atoms with Crippen LogP contribution in [0.2, 0.25) is 0 Å². The number of hydrogen-bond donors (Lipinski definition) is 1. The minimum absolute atomic E-state index is 0.0971. The maximum absolute atomic E-state index is 6.02. The summed E-state index contributed by atoms with van der Waals surface area (Å²) in [5.41, 5.74) is 6.58. The fourth-order valence-corrected chi connectivity index (χ4v) is 2.17. The first-order chi connectivity index (χ1) is 8.66. The lowest BCUT2D eigenvalue weighted by atomic mass is 10.2. The van der Waals surface area contributed by atoms with E-state index in [-0.39, 0.29) is 6.10 Å². The summed E-state index contributed by atoms with van der Waals surface area (Å²) in [7, 11) is 0. The van der Waals surface area contributed by atoms with Crippen LogP contribution in [0.15, 0.2) is 35.7 Å². The van der Waals surface area contributed by atoms with Gasteiger partial charge in [-0.15, -0.1) is 11.3 Å². The van der Waals surface area contributed by atoms with Crippen molar-refractivity contribution in [2.45, 2.75) is 26.6 Å². The second-order valence-electron chi connectivity index (χ2n) is 4.20. The van der Waals surface area contributed by atoms with E-state index in [0.717, 1.165) is 0 Å². The standard InChI is InChI=1S/C14H17NO2S/c1-10(2)17-13-7-3-6-12(14(13)15)16-9-11-5-4-8-18-11/h3-8,10H,9,15H2,1-2H3. The fourth-order valence-electron chi connectivity index (χ4n) is 1.55. The molecule has 0 saturated carbocycles. The molecule has 1 aromatic carbocycles. The van der Waals surface area contributed by atoms with Gasteiger partial charge >= 0.3 is 0 Å². The van der Waals surface area contributed by atoms with Gasteiger partial charge in [-0.2, -0.15) is 0 Å². The summed E-state index contributed by atoms with van der Waals surface area (Å²) in [6, 6.07) is 9.64. The van der Waals surface area contributed by atoms with Gasteiger partial charge in [0, 0.05) is 4.88 Å². The second kappa shape index (κ2) is 5.78. The van der Waals surface area contributed by atoms with E-state index in [0.29, 0.717) is 23.8 Å². The average molecular weight is 263 g/mol. The van der Waals surface area contributed by atoms with E-state index in [1.54, 1.807) is 11.3 Å². The number of anilines is 1. The van der Waals surface area contributed by atoms with Gasteiger partial charge in [0.05, 0.1) is 6.10 Å². The first-order valence-corrected chi connectivity index (χ1v) is 6.75. The number of thiophene rings is 1. The fraction of sp³-hybridized carbons (Fsp3) is 0.286. The Morgan fingerprint density at radius 1 is 1.17 bits per heavy atom. The van der Waals surface area contributed by atoms with Gasteiger partial charge < -0.3 is 15.2 Å². The zero-order valence-corrected chi connectivity index (χ0v) is 11.4. The molecule has 18 heavy (non-hydrogen) atoms. The van der Waals surface area contributed by atoms with Crippen LogP contribution >= 0.6 is 11.3 Å². The number of para-hydroxylation sites is 1. The van der Waals surface area contributed by atoms with Crippen molar-refractivity contribution >= 4 is 17.0 Å². The zero-order valence-electron chi connectivity index (χ0n) is 10.6. The summed E-state index contributed by atoms with van der Waals surface area (Å²) in [5.74, 6) is 1.34. The molecule has 0 spiro atoms. The Morgan fingerprint density at radius 2 is 1.94 bits per heavy atom. The van der Waals surface area contributed by atoms with E-state index in [1.165, 1.54) is 4.88 Å². The molecule has 1 aromatic heterocycles. The summed E-state index contributed by atoms with van der Waals surface area (Å²) in [5, 5.41) is 2.03. The third kappa shape index (κ3) is 3.17. The van der Waals surface area contributed by atoms with Crippen LogP contribution in [0.3, 0.4) is 0 Å². The van der Waals surface area contributed by atoms with Gasteiger partial charge in [-0.3, -0.25) is 0 Å². The minimum Gasteiger partial charge on any atom is -0.489 e. The molecule has 0 saturated heterocycles. The number of nitrogens with two attached hydrogens (primary N) is 1. The predicted molar refractivity (Wildman–Crippen MR) is 75.3 cm³/mol. The third-order valence-electron chi connectivity index (χ3n) is 2.34. The molecular formula is C14H17NO2S. The molecule has 0 aliphatic carbocycles. The molecule has 4 heteroatoms. The van der Waals surface area contributed by atoms with E-state index in [2.05, 4.69) is 0 Å². The van der Waals surface area contributed by atoms with E-state index in [1.807, 2.05) is 49.6 Å². The SMILES string of the molecule is CC(C)Oc1cccc(OCc2cccs2)c1N. The lowest BCUT2D eigenvalue weighted by molar-refractivity contribution is 0.241. The average Bonchev–Trinajstić information content (AvgIpc) is 2.83. The van der Waals surface area contributed by atoms with E-state index in [4.69, 9.17) is 15.2 Å². The van der Waals surface area contributed by atoms with Crippen molar-refractivity contribution in [3.8, 4) is 11.5 Å². The van der Waals surface area contributed by atoms with Crippen LogP contribution in [0.4, 0.5) is 5.69 Å². The van der Waals surface area contributed by atoms with Crippen LogP contribution in [0.1, 0.15) is 18.7 Å². The molecule has 2 N–H and O–H groups in total. The van der Waals surface area contributed by atoms with Crippen LogP contribution in [0, 0.1) is 0 Å². The van der Waals surface area contributed by atoms with Crippen molar-refractivity contribution in [2.24, 2.45) is 0 Å². The maximum Gasteiger partial charge on any atom is 0.146 e. The molecule has 0 fully saturated rings. The van der Waals surface area contributed by atoms with Gasteiger partial charge in [0.2, 0.25) is 0 Å². The van der Waals surface area contributed by atoms with E-state index < -0.39 is 0 Å². The molecular weight excluding hydrogens is 246 g/mol. The summed E-state index contributed by atoms with van der Waals surface area (Å²) in [4.78, 5) is 1.17. The number of rotatable bonds is 5. The van der Waals surface area contributed by atoms with E-state index in [9.17, 15) is 0 Å². The van der Waals surface area contributed by atoms with Crippen molar-refractivity contribution in [3.63, 3.8) is 0 Å². The van der Waals surface area contributed by atoms with Crippen LogP contribution in [0.5, 0.6) is 11.5 Å².